The Morgan fingerprint density at radius 3 is 2.41 bits per heavy atom. The number of carbonyl (C=O) groups is 1. The minimum absolute atomic E-state index is 0.0760. The topological polar surface area (TPSA) is 78.5 Å². The third kappa shape index (κ3) is 5.77. The van der Waals surface area contributed by atoms with Crippen LogP contribution in [-0.2, 0) is 14.8 Å². The smallest absolute Gasteiger partial charge is 0.240 e. The summed E-state index contributed by atoms with van der Waals surface area (Å²) in [5.74, 6) is 0.651. The zero-order chi connectivity index (χ0) is 19.3. The molecule has 1 heterocycles. The molecular formula is C20H31N3O3S. The molecule has 2 fully saturated rings. The second-order valence-corrected chi connectivity index (χ2v) is 9.63. The monoisotopic (exact) mass is 393 g/mol. The molecule has 150 valence electrons. The number of benzene rings is 1. The molecule has 2 atom stereocenters. The number of piperidine rings is 1. The highest BCUT2D eigenvalue weighted by atomic mass is 32.2. The number of hydrogen-bond acceptors (Lipinski definition) is 4. The lowest BCUT2D eigenvalue weighted by Crippen LogP contribution is -2.49. The van der Waals surface area contributed by atoms with E-state index in [1.165, 1.54) is 19.3 Å². The van der Waals surface area contributed by atoms with E-state index in [0.29, 0.717) is 23.4 Å². The third-order valence-corrected chi connectivity index (χ3v) is 7.32. The number of sulfonamides is 1. The average Bonchev–Trinajstić information content (AvgIpc) is 2.66. The third-order valence-electron chi connectivity index (χ3n) is 5.79. The summed E-state index contributed by atoms with van der Waals surface area (Å²) >= 11 is 0. The van der Waals surface area contributed by atoms with Gasteiger partial charge in [0.1, 0.15) is 0 Å². The summed E-state index contributed by atoms with van der Waals surface area (Å²) < 4.78 is 27.6. The molecule has 0 bridgehead atoms. The summed E-state index contributed by atoms with van der Waals surface area (Å²) in [5, 5.41) is 3.19. The molecule has 1 saturated carbocycles. The Morgan fingerprint density at radius 2 is 1.74 bits per heavy atom. The molecule has 1 amide bonds. The zero-order valence-corrected chi connectivity index (χ0v) is 16.9. The number of carbonyl (C=O) groups excluding carboxylic acids is 1. The van der Waals surface area contributed by atoms with Crippen LogP contribution in [0.2, 0.25) is 0 Å². The van der Waals surface area contributed by atoms with Crippen LogP contribution in [0.5, 0.6) is 0 Å². The van der Waals surface area contributed by atoms with Crippen LogP contribution in [0.25, 0.3) is 0 Å². The fourth-order valence-corrected chi connectivity index (χ4v) is 5.41. The Morgan fingerprint density at radius 1 is 1.07 bits per heavy atom. The molecule has 2 N–H and O–H groups in total. The summed E-state index contributed by atoms with van der Waals surface area (Å²) in [7, 11) is -3.47. The van der Waals surface area contributed by atoms with Gasteiger partial charge in [-0.15, -0.1) is 0 Å². The molecule has 0 spiro atoms. The van der Waals surface area contributed by atoms with E-state index in [9.17, 15) is 13.2 Å². The SMILES string of the molecule is C[C@@H]1CCCC[C@@H]1NC(=O)CN1CCC(NS(=O)(=O)c2ccccc2)CC1. The maximum Gasteiger partial charge on any atom is 0.240 e. The van der Waals surface area contributed by atoms with Crippen molar-refractivity contribution in [3.8, 4) is 0 Å². The number of nitrogens with zero attached hydrogens (tertiary/aromatic N) is 1. The molecule has 1 aromatic rings. The van der Waals surface area contributed by atoms with Gasteiger partial charge in [-0.05, 0) is 43.7 Å². The number of rotatable bonds is 6. The summed E-state index contributed by atoms with van der Waals surface area (Å²) in [6.45, 7) is 4.08. The van der Waals surface area contributed by atoms with Gasteiger partial charge in [0, 0.05) is 25.2 Å². The van der Waals surface area contributed by atoms with Crippen LogP contribution in [0.4, 0.5) is 0 Å². The maximum absolute atomic E-state index is 12.4. The van der Waals surface area contributed by atoms with Crippen LogP contribution in [-0.4, -0.2) is 50.9 Å². The first kappa shape index (κ1) is 20.3. The van der Waals surface area contributed by atoms with Crippen molar-refractivity contribution in [1.29, 1.82) is 0 Å². The van der Waals surface area contributed by atoms with E-state index in [-0.39, 0.29) is 11.9 Å². The van der Waals surface area contributed by atoms with Crippen LogP contribution >= 0.6 is 0 Å². The lowest BCUT2D eigenvalue weighted by molar-refractivity contribution is -0.123. The Balaban J connectivity index is 1.43. The van der Waals surface area contributed by atoms with Crippen LogP contribution in [0.3, 0.4) is 0 Å². The van der Waals surface area contributed by atoms with Crippen LogP contribution in [0, 0.1) is 5.92 Å². The van der Waals surface area contributed by atoms with Gasteiger partial charge in [0.25, 0.3) is 0 Å². The minimum Gasteiger partial charge on any atom is -0.352 e. The highest BCUT2D eigenvalue weighted by Crippen LogP contribution is 2.23. The van der Waals surface area contributed by atoms with Crippen LogP contribution in [0.1, 0.15) is 45.4 Å². The van der Waals surface area contributed by atoms with Crippen LogP contribution in [0.15, 0.2) is 35.2 Å². The van der Waals surface area contributed by atoms with Crippen molar-refractivity contribution in [1.82, 2.24) is 14.9 Å². The number of likely N-dealkylation sites (tertiary alicyclic amines) is 1. The van der Waals surface area contributed by atoms with E-state index in [1.807, 2.05) is 0 Å². The quantitative estimate of drug-likeness (QED) is 0.776. The van der Waals surface area contributed by atoms with Crippen molar-refractivity contribution < 1.29 is 13.2 Å². The second-order valence-electron chi connectivity index (χ2n) is 7.92. The molecule has 3 rings (SSSR count). The highest BCUT2D eigenvalue weighted by Gasteiger charge is 2.27. The first-order valence-electron chi connectivity index (χ1n) is 10.0. The predicted octanol–water partition coefficient (Wildman–Crippen LogP) is 2.12. The van der Waals surface area contributed by atoms with Gasteiger partial charge in [0.05, 0.1) is 11.4 Å². The first-order chi connectivity index (χ1) is 12.9. The Bertz CT molecular complexity index is 715. The van der Waals surface area contributed by atoms with E-state index >= 15 is 0 Å². The Hall–Kier alpha value is -1.44. The van der Waals surface area contributed by atoms with Gasteiger partial charge in [0.2, 0.25) is 15.9 Å². The summed E-state index contributed by atoms with van der Waals surface area (Å²) in [6.07, 6.45) is 6.18. The molecule has 1 aliphatic heterocycles. The summed E-state index contributed by atoms with van der Waals surface area (Å²) in [4.78, 5) is 14.8. The fourth-order valence-electron chi connectivity index (χ4n) is 4.08. The van der Waals surface area contributed by atoms with E-state index in [0.717, 1.165) is 32.4 Å². The predicted molar refractivity (Wildman–Crippen MR) is 106 cm³/mol. The lowest BCUT2D eigenvalue weighted by Gasteiger charge is -2.33. The van der Waals surface area contributed by atoms with E-state index in [1.54, 1.807) is 30.3 Å². The Kier molecular flexibility index (Phi) is 6.89. The fraction of sp³-hybridized carbons (Fsp3) is 0.650. The van der Waals surface area contributed by atoms with Crippen molar-refractivity contribution in [3.05, 3.63) is 30.3 Å². The van der Waals surface area contributed by atoms with Crippen molar-refractivity contribution in [2.75, 3.05) is 19.6 Å². The second kappa shape index (κ2) is 9.17. The van der Waals surface area contributed by atoms with Gasteiger partial charge in [-0.25, -0.2) is 13.1 Å². The van der Waals surface area contributed by atoms with Crippen molar-refractivity contribution in [2.24, 2.45) is 5.92 Å². The van der Waals surface area contributed by atoms with E-state index < -0.39 is 10.0 Å². The molecule has 0 aromatic heterocycles. The molecule has 1 aliphatic carbocycles. The summed E-state index contributed by atoms with van der Waals surface area (Å²) in [5.41, 5.74) is 0. The molecule has 0 unspecified atom stereocenters. The summed E-state index contributed by atoms with van der Waals surface area (Å²) in [6, 6.07) is 8.69. The lowest BCUT2D eigenvalue weighted by atomic mass is 9.86. The van der Waals surface area contributed by atoms with Gasteiger partial charge >= 0.3 is 0 Å². The normalized spacial score (nSPS) is 25.2. The minimum atomic E-state index is -3.47. The molecule has 1 saturated heterocycles. The number of amides is 1. The van der Waals surface area contributed by atoms with E-state index in [4.69, 9.17) is 0 Å². The Labute approximate surface area is 162 Å². The van der Waals surface area contributed by atoms with Gasteiger partial charge < -0.3 is 5.32 Å². The molecular weight excluding hydrogens is 362 g/mol. The van der Waals surface area contributed by atoms with Gasteiger partial charge in [-0.1, -0.05) is 38.0 Å². The maximum atomic E-state index is 12.4. The van der Waals surface area contributed by atoms with Gasteiger partial charge in [0.15, 0.2) is 0 Å². The average molecular weight is 394 g/mol. The van der Waals surface area contributed by atoms with Crippen molar-refractivity contribution in [2.45, 2.75) is 62.4 Å². The van der Waals surface area contributed by atoms with Gasteiger partial charge in [-0.2, -0.15) is 0 Å². The highest BCUT2D eigenvalue weighted by molar-refractivity contribution is 7.89. The first-order valence-corrected chi connectivity index (χ1v) is 11.5. The standard InChI is InChI=1S/C20H31N3O3S/c1-16-7-5-6-10-19(16)21-20(24)15-23-13-11-17(12-14-23)22-27(25,26)18-8-3-2-4-9-18/h2-4,8-9,16-17,19,22H,5-7,10-15H2,1H3,(H,21,24)/t16-,19+/m1/s1. The largest absolute Gasteiger partial charge is 0.352 e. The van der Waals surface area contributed by atoms with Crippen LogP contribution < -0.4 is 10.0 Å². The number of nitrogens with one attached hydrogen (secondary N) is 2. The molecule has 6 nitrogen and oxygen atoms in total. The number of hydrogen-bond donors (Lipinski definition) is 2. The van der Waals surface area contributed by atoms with Crippen molar-refractivity contribution in [3.63, 3.8) is 0 Å². The zero-order valence-electron chi connectivity index (χ0n) is 16.1. The molecule has 1 aromatic carbocycles. The molecule has 27 heavy (non-hydrogen) atoms. The van der Waals surface area contributed by atoms with Crippen molar-refractivity contribution >= 4 is 15.9 Å². The molecule has 7 heteroatoms. The van der Waals surface area contributed by atoms with E-state index in [2.05, 4.69) is 21.9 Å². The molecule has 2 aliphatic rings. The van der Waals surface area contributed by atoms with Gasteiger partial charge in [-0.3, -0.25) is 9.69 Å². The molecule has 0 radical (unpaired) electrons.